The molecule has 0 rings (SSSR count). The summed E-state index contributed by atoms with van der Waals surface area (Å²) in [4.78, 5) is 11.3. The van der Waals surface area contributed by atoms with Gasteiger partial charge < -0.3 is 0 Å². The molecule has 1 amide bonds. The minimum Gasteiger partial charge on any atom is -0.283 e. The lowest BCUT2D eigenvalue weighted by Gasteiger charge is -2.03. The van der Waals surface area contributed by atoms with E-state index < -0.39 is 5.24 Å². The summed E-state index contributed by atoms with van der Waals surface area (Å²) in [7, 11) is 0. The van der Waals surface area contributed by atoms with Crippen molar-refractivity contribution in [3.63, 3.8) is 0 Å². The fourth-order valence-corrected chi connectivity index (χ4v) is 0.373. The summed E-state index contributed by atoms with van der Waals surface area (Å²) >= 11 is 4.24. The fourth-order valence-electron chi connectivity index (χ4n) is 0.224. The van der Waals surface area contributed by atoms with Crippen molar-refractivity contribution in [2.24, 2.45) is 0 Å². The largest absolute Gasteiger partial charge is 0.321 e. The van der Waals surface area contributed by atoms with E-state index in [1.807, 2.05) is 0 Å². The van der Waals surface area contributed by atoms with E-state index in [-0.39, 0.29) is 0 Å². The van der Waals surface area contributed by atoms with Gasteiger partial charge in [-0.1, -0.05) is 13.2 Å². The monoisotopic (exact) mass is 128 g/mol. The highest BCUT2D eigenvalue weighted by atomic mass is 32.1. The van der Waals surface area contributed by atoms with Crippen molar-refractivity contribution in [3.8, 4) is 0 Å². The van der Waals surface area contributed by atoms with E-state index in [9.17, 15) is 4.79 Å². The molecule has 0 heterocycles. The number of nitrogens with zero attached hydrogens (tertiary/aromatic N) is 1. The second-order valence-electron chi connectivity index (χ2n) is 1.04. The van der Waals surface area contributed by atoms with Gasteiger partial charge in [0.05, 0.1) is 0 Å². The highest BCUT2D eigenvalue weighted by molar-refractivity contribution is 7.96. The molecule has 3 heteroatoms. The van der Waals surface area contributed by atoms with Crippen molar-refractivity contribution >= 4 is 17.9 Å². The van der Waals surface area contributed by atoms with Crippen molar-refractivity contribution in [2.45, 2.75) is 0 Å². The summed E-state index contributed by atoms with van der Waals surface area (Å²) in [5.41, 5.74) is 0. The van der Waals surface area contributed by atoms with Crippen LogP contribution in [0.4, 0.5) is 4.79 Å². The van der Waals surface area contributed by atoms with Gasteiger partial charge in [0.25, 0.3) is 0 Å². The van der Waals surface area contributed by atoms with E-state index in [0.717, 1.165) is 4.90 Å². The topological polar surface area (TPSA) is 20.3 Å². The van der Waals surface area contributed by atoms with Crippen LogP contribution >= 0.6 is 12.6 Å². The van der Waals surface area contributed by atoms with Crippen LogP contribution in [0.3, 0.4) is 0 Å². The second kappa shape index (κ2) is 3.21. The molecule has 0 fully saturated rings. The first-order chi connectivity index (χ1) is 3.72. The Hall–Kier alpha value is -0.830. The van der Waals surface area contributed by atoms with Crippen LogP contribution in [0.1, 0.15) is 0 Å². The van der Waals surface area contributed by atoms with E-state index in [1.54, 1.807) is 0 Å². The third-order valence-corrected chi connectivity index (χ3v) is 0.815. The summed E-state index contributed by atoms with van der Waals surface area (Å²) in [6.45, 7) is 6.64. The molecule has 0 aliphatic heterocycles. The molecule has 0 aromatic carbocycles. The lowest BCUT2D eigenvalue weighted by molar-refractivity contribution is 0.249. The van der Waals surface area contributed by atoms with E-state index in [1.165, 1.54) is 12.4 Å². The van der Waals surface area contributed by atoms with Crippen molar-refractivity contribution in [2.75, 3.05) is 0 Å². The van der Waals surface area contributed by atoms with Gasteiger partial charge in [0.15, 0.2) is 0 Å². The maximum Gasteiger partial charge on any atom is 0.321 e. The van der Waals surface area contributed by atoms with Crippen molar-refractivity contribution in [3.05, 3.63) is 25.6 Å². The molecule has 0 aliphatic rings. The van der Waals surface area contributed by atoms with Gasteiger partial charge in [0.1, 0.15) is 0 Å². The molecule has 1 radical (unpaired) electrons. The molecule has 0 aromatic rings. The molecule has 0 unspecified atom stereocenters. The van der Waals surface area contributed by atoms with Gasteiger partial charge in [-0.25, -0.2) is 0 Å². The average molecular weight is 128 g/mol. The average Bonchev–Trinajstić information content (AvgIpc) is 1.69. The molecule has 0 spiro atoms. The molecule has 2 nitrogen and oxygen atoms in total. The Morgan fingerprint density at radius 2 is 1.88 bits per heavy atom. The maximum absolute atomic E-state index is 10.2. The molecule has 0 aliphatic carbocycles. The number of hydrogen-bond donors (Lipinski definition) is 0. The van der Waals surface area contributed by atoms with Crippen molar-refractivity contribution in [1.82, 2.24) is 4.90 Å². The zero-order chi connectivity index (χ0) is 6.57. The normalized spacial score (nSPS) is 7.50. The smallest absolute Gasteiger partial charge is 0.283 e. The van der Waals surface area contributed by atoms with Crippen LogP contribution in [0.25, 0.3) is 0 Å². The molecular weight excluding hydrogens is 122 g/mol. The predicted molar refractivity (Wildman–Crippen MR) is 35.2 cm³/mol. The zero-order valence-electron chi connectivity index (χ0n) is 4.33. The number of carbonyl (C=O) groups excluding carboxylic acids is 1. The highest BCUT2D eigenvalue weighted by Gasteiger charge is 1.97. The van der Waals surface area contributed by atoms with Crippen LogP contribution in [0.15, 0.2) is 25.6 Å². The zero-order valence-corrected chi connectivity index (χ0v) is 5.15. The van der Waals surface area contributed by atoms with Crippen LogP contribution in [-0.2, 0) is 0 Å². The van der Waals surface area contributed by atoms with Crippen LogP contribution in [0, 0.1) is 0 Å². The molecule has 0 bridgehead atoms. The molecule has 0 saturated carbocycles. The van der Waals surface area contributed by atoms with Crippen LogP contribution in [-0.4, -0.2) is 10.1 Å². The Kier molecular flexibility index (Phi) is 2.88. The Morgan fingerprint density at radius 3 is 1.88 bits per heavy atom. The predicted octanol–water partition coefficient (Wildman–Crippen LogP) is 1.89. The Morgan fingerprint density at radius 1 is 1.50 bits per heavy atom. The Labute approximate surface area is 53.9 Å². The molecule has 0 atom stereocenters. The second-order valence-corrected chi connectivity index (χ2v) is 1.39. The molecule has 8 heavy (non-hydrogen) atoms. The molecule has 0 saturated heterocycles. The van der Waals surface area contributed by atoms with E-state index in [0.29, 0.717) is 0 Å². The van der Waals surface area contributed by atoms with Gasteiger partial charge in [-0.2, -0.15) is 0 Å². The van der Waals surface area contributed by atoms with E-state index in [2.05, 4.69) is 25.8 Å². The summed E-state index contributed by atoms with van der Waals surface area (Å²) < 4.78 is 0. The van der Waals surface area contributed by atoms with Crippen LogP contribution in [0.5, 0.6) is 0 Å². The van der Waals surface area contributed by atoms with Gasteiger partial charge in [-0.05, 0) is 12.6 Å². The number of amides is 1. The van der Waals surface area contributed by atoms with Crippen LogP contribution < -0.4 is 0 Å². The van der Waals surface area contributed by atoms with Gasteiger partial charge >= 0.3 is 5.24 Å². The summed E-state index contributed by atoms with van der Waals surface area (Å²) in [6.07, 6.45) is 2.62. The summed E-state index contributed by atoms with van der Waals surface area (Å²) in [6, 6.07) is 0. The van der Waals surface area contributed by atoms with Gasteiger partial charge in [0.2, 0.25) is 0 Å². The molecule has 43 valence electrons. The fraction of sp³-hybridized carbons (Fsp3) is 0. The Bertz CT molecular complexity index is 114. The number of carbonyl (C=O) groups is 1. The highest BCUT2D eigenvalue weighted by Crippen LogP contribution is 1.94. The first kappa shape index (κ1) is 7.17. The number of hydrogen-bond acceptors (Lipinski definition) is 1. The van der Waals surface area contributed by atoms with Gasteiger partial charge in [-0.3, -0.25) is 9.69 Å². The quantitative estimate of drug-likeness (QED) is 0.556. The minimum atomic E-state index is -0.491. The standard InChI is InChI=1S/C5H6NOS/c1-3-6(4-2)5(7)8/h3-4H,1-2H2. The van der Waals surface area contributed by atoms with Crippen molar-refractivity contribution < 1.29 is 4.79 Å². The molecule has 0 aromatic heterocycles. The van der Waals surface area contributed by atoms with E-state index in [4.69, 9.17) is 0 Å². The maximum atomic E-state index is 10.2. The lowest BCUT2D eigenvalue weighted by atomic mass is 10.8. The van der Waals surface area contributed by atoms with Crippen LogP contribution in [0.2, 0.25) is 0 Å². The van der Waals surface area contributed by atoms with Gasteiger partial charge in [-0.15, -0.1) is 0 Å². The molecule has 0 N–H and O–H groups in total. The lowest BCUT2D eigenvalue weighted by Crippen LogP contribution is -2.10. The van der Waals surface area contributed by atoms with E-state index >= 15 is 0 Å². The third-order valence-electron chi connectivity index (χ3n) is 0.604. The third kappa shape index (κ3) is 1.75. The Balaban J connectivity index is 3.88. The minimum absolute atomic E-state index is 0.491. The summed E-state index contributed by atoms with van der Waals surface area (Å²) in [5.74, 6) is 0. The first-order valence-corrected chi connectivity index (χ1v) is 2.37. The van der Waals surface area contributed by atoms with Gasteiger partial charge in [0, 0.05) is 12.4 Å². The SMILES string of the molecule is C=CN(C=C)C(=O)[S]. The number of rotatable bonds is 2. The first-order valence-electron chi connectivity index (χ1n) is 1.96. The summed E-state index contributed by atoms with van der Waals surface area (Å²) in [5, 5.41) is -0.491. The van der Waals surface area contributed by atoms with Crippen molar-refractivity contribution in [1.29, 1.82) is 0 Å². The molecular formula is C5H6NOS.